The van der Waals surface area contributed by atoms with Crippen molar-refractivity contribution >= 4 is 126 Å². The molecule has 0 radical (unpaired) electrons. The summed E-state index contributed by atoms with van der Waals surface area (Å²) >= 11 is 15.6. The van der Waals surface area contributed by atoms with Crippen molar-refractivity contribution in [3.63, 3.8) is 0 Å². The van der Waals surface area contributed by atoms with Gasteiger partial charge in [-0.3, -0.25) is 9.59 Å². The molecule has 120 heavy (non-hydrogen) atoms. The molecule has 2 unspecified atom stereocenters. The lowest BCUT2D eigenvalue weighted by Crippen LogP contribution is -2.27. The second-order valence-corrected chi connectivity index (χ2v) is 42.4. The zero-order chi connectivity index (χ0) is 83.6. The van der Waals surface area contributed by atoms with Gasteiger partial charge < -0.3 is 0 Å². The van der Waals surface area contributed by atoms with E-state index in [0.717, 1.165) is 125 Å². The molecule has 0 saturated carbocycles. The number of Topliss-reactive ketones (excluding diaryl/α,β-unsaturated/α-hetero) is 2. The first-order chi connectivity index (χ1) is 58.8. The minimum absolute atomic E-state index is 0.0659. The number of allylic oxidation sites excluding steroid dienone is 6. The van der Waals surface area contributed by atoms with Gasteiger partial charge >= 0.3 is 0 Å². The quantitative estimate of drug-likeness (QED) is 0.0166. The van der Waals surface area contributed by atoms with Gasteiger partial charge in [0, 0.05) is 111 Å². The fourth-order valence-electron chi connectivity index (χ4n) is 19.1. The third-order valence-electron chi connectivity index (χ3n) is 25.6. The van der Waals surface area contributed by atoms with Crippen LogP contribution in [0.2, 0.25) is 0 Å². The van der Waals surface area contributed by atoms with Crippen LogP contribution in [0.5, 0.6) is 0 Å². The number of thiophene rings is 8. The summed E-state index contributed by atoms with van der Waals surface area (Å²) < 4.78 is 0. The normalized spacial score (nSPS) is 16.0. The van der Waals surface area contributed by atoms with E-state index in [9.17, 15) is 20.1 Å². The summed E-state index contributed by atoms with van der Waals surface area (Å²) in [6, 6.07) is 54.8. The molecule has 0 spiro atoms. The molecule has 0 fully saturated rings. The Bertz CT molecular complexity index is 5420. The van der Waals surface area contributed by atoms with E-state index in [2.05, 4.69) is 162 Å². The van der Waals surface area contributed by atoms with Gasteiger partial charge in [-0.05, 0) is 229 Å². The van der Waals surface area contributed by atoms with Crippen LogP contribution < -0.4 is 0 Å². The van der Waals surface area contributed by atoms with Crippen LogP contribution in [0.4, 0.5) is 0 Å². The Kier molecular flexibility index (Phi) is 28.4. The lowest BCUT2D eigenvalue weighted by molar-refractivity contribution is 0.103. The van der Waals surface area contributed by atoms with E-state index < -0.39 is 10.8 Å². The molecule has 0 saturated heterocycles. The first kappa shape index (κ1) is 86.5. The lowest BCUT2D eigenvalue weighted by atomic mass is 9.73. The smallest absolute Gasteiger partial charge is 0.270 e. The predicted octanol–water partition coefficient (Wildman–Crippen LogP) is 33.1. The maximum absolute atomic E-state index is 14.8. The molecular formula is C106H110N4O2S8. The van der Waals surface area contributed by atoms with Gasteiger partial charge in [0.15, 0.2) is 11.6 Å². The average molecular weight is 1730 g/mol. The highest BCUT2D eigenvalue weighted by Gasteiger charge is 2.55. The Hall–Kier alpha value is -8.48. The highest BCUT2D eigenvalue weighted by atomic mass is 32.1. The van der Waals surface area contributed by atoms with Gasteiger partial charge in [0.25, 0.3) is 11.4 Å². The number of carbonyl (C=O) groups excluding carboxylic acids is 2. The van der Waals surface area contributed by atoms with Crippen LogP contribution in [0.25, 0.3) is 73.4 Å². The van der Waals surface area contributed by atoms with Gasteiger partial charge in [0.05, 0.1) is 36.1 Å². The van der Waals surface area contributed by atoms with Crippen molar-refractivity contribution in [1.82, 2.24) is 0 Å². The molecule has 8 heterocycles. The second-order valence-electron chi connectivity index (χ2n) is 33.5. The van der Waals surface area contributed by atoms with Crippen LogP contribution in [-0.2, 0) is 49.4 Å². The Labute approximate surface area is 745 Å². The SMILES string of the molecule is [C-]#[N+]/C(C#N)=C1\C(=C/c2cc(CC(CC)CCCC)c(-c3cc4c(s3)-c3cc5c(cc3C4(c3ccc(CCCCCC)s3)c3ccc(CCCCCC)s3)-c3sc(-c4sc(/C=C6/C(=O)c7ccccc7/C6=C(/C#N)[N+]#[C-])cc4CC(CC)CCCC)cc3C5(c3ccc(CCCCCC)s3)c3ccc(CCCCCC)s3)s2)C(=O)c2ccccc21. The van der Waals surface area contributed by atoms with Crippen molar-refractivity contribution in [2.45, 2.75) is 259 Å². The largest absolute Gasteiger partial charge is 0.289 e. The molecule has 3 aromatic carbocycles. The molecule has 0 bridgehead atoms. The lowest BCUT2D eigenvalue weighted by Gasteiger charge is -2.32. The maximum atomic E-state index is 14.8. The number of carbonyl (C=O) groups is 2. The number of fused-ring (bicyclic) bond motifs is 8. The van der Waals surface area contributed by atoms with Crippen molar-refractivity contribution in [1.29, 1.82) is 10.5 Å². The number of unbranched alkanes of at least 4 members (excludes halogenated alkanes) is 14. The number of nitriles is 2. The zero-order valence-electron chi connectivity index (χ0n) is 71.1. The number of aryl methyl sites for hydroxylation is 4. The Balaban J connectivity index is 1.02. The second kappa shape index (κ2) is 39.4. The molecule has 2 atom stereocenters. The Morgan fingerprint density at radius 3 is 1.02 bits per heavy atom. The van der Waals surface area contributed by atoms with Crippen LogP contribution in [0.15, 0.2) is 156 Å². The van der Waals surface area contributed by atoms with E-state index in [1.807, 2.05) is 129 Å². The van der Waals surface area contributed by atoms with E-state index in [1.54, 1.807) is 22.7 Å². The fourth-order valence-corrected chi connectivity index (χ4v) is 29.4. The minimum Gasteiger partial charge on any atom is -0.289 e. The summed E-state index contributed by atoms with van der Waals surface area (Å²) in [5.41, 5.74) is 13.0. The molecule has 0 amide bonds. The number of ketones is 2. The van der Waals surface area contributed by atoms with Crippen molar-refractivity contribution < 1.29 is 9.59 Å². The van der Waals surface area contributed by atoms with Gasteiger partial charge in [-0.2, -0.15) is 0 Å². The fraction of sp³-hybridized carbons (Fsp3) is 0.396. The molecule has 15 rings (SSSR count). The summed E-state index contributed by atoms with van der Waals surface area (Å²) in [5, 5.41) is 21.2. The number of hydrogen-bond acceptors (Lipinski definition) is 12. The van der Waals surface area contributed by atoms with Crippen molar-refractivity contribution in [2.24, 2.45) is 11.8 Å². The third-order valence-corrected chi connectivity index (χ3v) is 35.6. The summed E-state index contributed by atoms with van der Waals surface area (Å²) in [5.74, 6) is 0.586. The molecule has 11 aromatic rings. The molecule has 4 aliphatic rings. The number of nitrogens with zero attached hydrogens (tertiary/aromatic N) is 4. The summed E-state index contributed by atoms with van der Waals surface area (Å²) in [4.78, 5) is 57.8. The summed E-state index contributed by atoms with van der Waals surface area (Å²) in [7, 11) is 0. The van der Waals surface area contributed by atoms with Crippen LogP contribution in [-0.4, -0.2) is 11.6 Å². The van der Waals surface area contributed by atoms with Crippen LogP contribution in [0.1, 0.15) is 323 Å². The molecule has 8 aromatic heterocycles. The Morgan fingerprint density at radius 2 is 0.708 bits per heavy atom. The molecular weight excluding hydrogens is 1620 g/mol. The molecule has 0 aliphatic heterocycles. The monoisotopic (exact) mass is 1730 g/mol. The van der Waals surface area contributed by atoms with Gasteiger partial charge in [-0.15, -0.1) is 90.7 Å². The van der Waals surface area contributed by atoms with Crippen LogP contribution in [0, 0.1) is 47.6 Å². The van der Waals surface area contributed by atoms with Gasteiger partial charge in [0.2, 0.25) is 0 Å². The van der Waals surface area contributed by atoms with Gasteiger partial charge in [0.1, 0.15) is 0 Å². The number of rotatable bonds is 40. The average Bonchev–Trinajstić information content (AvgIpc) is 1.50. The van der Waals surface area contributed by atoms with Crippen molar-refractivity contribution in [3.05, 3.63) is 283 Å². The number of benzene rings is 3. The van der Waals surface area contributed by atoms with Gasteiger partial charge in [-0.1, -0.05) is 232 Å². The Morgan fingerprint density at radius 1 is 0.375 bits per heavy atom. The first-order valence-electron chi connectivity index (χ1n) is 44.7. The third kappa shape index (κ3) is 16.7. The van der Waals surface area contributed by atoms with Crippen LogP contribution in [0.3, 0.4) is 0 Å². The van der Waals surface area contributed by atoms with E-state index in [-0.39, 0.29) is 23.0 Å². The molecule has 4 aliphatic carbocycles. The van der Waals surface area contributed by atoms with E-state index >= 15 is 0 Å². The van der Waals surface area contributed by atoms with Crippen molar-refractivity contribution in [3.8, 4) is 52.5 Å². The minimum atomic E-state index is -0.702. The van der Waals surface area contributed by atoms with Crippen LogP contribution >= 0.6 is 90.7 Å². The van der Waals surface area contributed by atoms with E-state index in [0.29, 0.717) is 56.4 Å². The zero-order valence-corrected chi connectivity index (χ0v) is 77.6. The first-order valence-corrected chi connectivity index (χ1v) is 51.2. The van der Waals surface area contributed by atoms with E-state index in [1.165, 1.54) is 190 Å². The molecule has 614 valence electrons. The molecule has 6 nitrogen and oxygen atoms in total. The molecule has 14 heteroatoms. The standard InChI is InChI=1S/C106H110N4O2S8/c1-11-19-25-29-39-71-47-51-93(113-71)105(94-52-48-72(114-94)40-30-26-20-12-2)85-61-82-86(62-81(85)103-87(105)63-91(119-103)101-69(55-67(17-7)37-23-15-5)57-75(117-101)59-83-97(89(65-107)109-9)77-43-33-35-45-79(77)99(83)111)106(95-53-49-73(115-95)41-31-27-21-13-3,96-54-50-74(116-96)42-32-28-22-14-4)88-64-92(120-104(82)88)102-70(56-68(18-8)38-24-16-6)58-76(118-102)60-84-98(90(66-108)110-10)78-44-34-36-46-80(78)100(84)112/h33-36,43-54,57-64,67-68H,11-32,37-42,55-56H2,1-8H3/b83-59+,84-60+,97-89-,98-90+. The molecule has 0 N–H and O–H groups in total. The topological polar surface area (TPSA) is 90.4 Å². The highest BCUT2D eigenvalue weighted by Crippen LogP contribution is 2.69. The predicted molar refractivity (Wildman–Crippen MR) is 516 cm³/mol. The summed E-state index contributed by atoms with van der Waals surface area (Å²) in [6.07, 6.45) is 37.9. The summed E-state index contributed by atoms with van der Waals surface area (Å²) in [6.45, 7) is 35.0. The van der Waals surface area contributed by atoms with Gasteiger partial charge in [-0.25, -0.2) is 20.2 Å². The van der Waals surface area contributed by atoms with E-state index in [4.69, 9.17) is 13.1 Å². The highest BCUT2D eigenvalue weighted by molar-refractivity contribution is 7.25. The maximum Gasteiger partial charge on any atom is 0.270 e. The van der Waals surface area contributed by atoms with Crippen molar-refractivity contribution in [2.75, 3.05) is 0 Å². The number of hydrogen-bond donors (Lipinski definition) is 0.